The fourth-order valence-corrected chi connectivity index (χ4v) is 12.5. The van der Waals surface area contributed by atoms with Gasteiger partial charge in [0.1, 0.15) is 0 Å². The Morgan fingerprint density at radius 1 is 0.649 bits per heavy atom. The van der Waals surface area contributed by atoms with E-state index in [0.29, 0.717) is 34.6 Å². The van der Waals surface area contributed by atoms with Crippen molar-refractivity contribution in [3.63, 3.8) is 0 Å². The third-order valence-corrected chi connectivity index (χ3v) is 15.1. The second-order valence-electron chi connectivity index (χ2n) is 8.63. The van der Waals surface area contributed by atoms with Crippen LogP contribution in [0, 0.1) is 0 Å². The number of hydrogen-bond acceptors (Lipinski definition) is 10. The molecule has 0 rings (SSSR count). The Bertz CT molecular complexity index is 688. The molecule has 0 aliphatic heterocycles. The van der Waals surface area contributed by atoms with Crippen molar-refractivity contribution < 1.29 is 44.3 Å². The van der Waals surface area contributed by atoms with Gasteiger partial charge in [0.2, 0.25) is 0 Å². The minimum absolute atomic E-state index is 0.0569. The molecule has 10 nitrogen and oxygen atoms in total. The summed E-state index contributed by atoms with van der Waals surface area (Å²) in [7, 11) is 3.13. The molecule has 212 valence electrons. The van der Waals surface area contributed by atoms with Gasteiger partial charge in [-0.3, -0.25) is 0 Å². The van der Waals surface area contributed by atoms with Gasteiger partial charge in [0, 0.05) is 0 Å². The zero-order valence-corrected chi connectivity index (χ0v) is 26.0. The van der Waals surface area contributed by atoms with Crippen molar-refractivity contribution >= 4 is 43.1 Å². The van der Waals surface area contributed by atoms with Crippen molar-refractivity contribution in [3.8, 4) is 0 Å². The molecule has 0 spiro atoms. The Kier molecular flexibility index (Phi) is 20.0. The van der Waals surface area contributed by atoms with Crippen molar-refractivity contribution in [3.05, 3.63) is 24.3 Å². The number of hydrogen-bond donors (Lipinski definition) is 0. The number of carbonyl (C=O) groups is 4. The Labute approximate surface area is 226 Å². The normalized spacial score (nSPS) is 13.4. The molecule has 0 aromatic rings. The van der Waals surface area contributed by atoms with E-state index in [4.69, 9.17) is 25.1 Å². The molecule has 0 saturated carbocycles. The van der Waals surface area contributed by atoms with E-state index in [9.17, 15) is 19.2 Å². The van der Waals surface area contributed by atoms with Crippen molar-refractivity contribution in [1.29, 1.82) is 0 Å². The molecule has 0 bridgehead atoms. The Morgan fingerprint density at radius 3 is 1.32 bits per heavy atom. The zero-order valence-electron chi connectivity index (χ0n) is 23.1. The summed E-state index contributed by atoms with van der Waals surface area (Å²) < 4.78 is 32.8. The molecule has 0 N–H and O–H groups in total. The van der Waals surface area contributed by atoms with E-state index in [2.05, 4.69) is 0 Å². The Balaban J connectivity index is 5.22. The van der Waals surface area contributed by atoms with Crippen LogP contribution in [-0.2, 0) is 44.3 Å². The fraction of sp³-hybridized carbons (Fsp3) is 0.692. The molecule has 0 radical (unpaired) electrons. The van der Waals surface area contributed by atoms with Crippen LogP contribution in [0.1, 0.15) is 66.2 Å². The van der Waals surface area contributed by atoms with Gasteiger partial charge >= 0.3 is 226 Å². The van der Waals surface area contributed by atoms with Crippen molar-refractivity contribution in [2.45, 2.75) is 87.3 Å². The van der Waals surface area contributed by atoms with Gasteiger partial charge in [-0.25, -0.2) is 0 Å². The van der Waals surface area contributed by atoms with Crippen LogP contribution in [0.3, 0.4) is 0 Å². The monoisotopic (exact) mass is 636 g/mol. The molecule has 0 aliphatic carbocycles. The fourth-order valence-electron chi connectivity index (χ4n) is 2.93. The van der Waals surface area contributed by atoms with Gasteiger partial charge in [0.25, 0.3) is 0 Å². The summed E-state index contributed by atoms with van der Waals surface area (Å²) in [4.78, 5) is 49.0. The van der Waals surface area contributed by atoms with Gasteiger partial charge in [0.15, 0.2) is 0 Å². The summed E-state index contributed by atoms with van der Waals surface area (Å²) in [5, 5.41) is 0. The van der Waals surface area contributed by atoms with Crippen molar-refractivity contribution in [1.82, 2.24) is 0 Å². The molecule has 0 amide bonds. The average molecular weight is 635 g/mol. The first-order valence-corrected chi connectivity index (χ1v) is 19.2. The van der Waals surface area contributed by atoms with Crippen molar-refractivity contribution in [2.75, 3.05) is 27.4 Å². The molecule has 0 saturated heterocycles. The summed E-state index contributed by atoms with van der Waals surface area (Å²) in [6, 6.07) is 0. The summed E-state index contributed by atoms with van der Waals surface area (Å²) in [6.45, 7) is 7.98. The first-order valence-electron chi connectivity index (χ1n) is 12.8. The van der Waals surface area contributed by atoms with Crippen molar-refractivity contribution in [2.24, 2.45) is 0 Å². The first-order chi connectivity index (χ1) is 17.6. The summed E-state index contributed by atoms with van der Waals surface area (Å²) >= 11 is -4.26. The minimum atomic E-state index is -4.26. The SMILES string of the molecule is CCC[CH2][Sn]([CH2]CCC)([O]C(=O)/C=C\C(=O)OCC[C@@H](C)OC)[O]C(=O)/C=C\C(=O)OCC[C@H](C)OC. The predicted octanol–water partition coefficient (Wildman–Crippen LogP) is 4.16. The van der Waals surface area contributed by atoms with Gasteiger partial charge in [-0.2, -0.15) is 0 Å². The molecule has 0 aliphatic rings. The number of rotatable bonds is 20. The van der Waals surface area contributed by atoms with Gasteiger partial charge in [-0.05, 0) is 0 Å². The van der Waals surface area contributed by atoms with Gasteiger partial charge < -0.3 is 0 Å². The van der Waals surface area contributed by atoms with Gasteiger partial charge in [-0.1, -0.05) is 0 Å². The molecular weight excluding hydrogens is 591 g/mol. The number of unbranched alkanes of at least 4 members (excludes halogenated alkanes) is 2. The van der Waals surface area contributed by atoms with E-state index in [0.717, 1.165) is 37.1 Å². The number of esters is 2. The molecule has 11 heteroatoms. The molecule has 0 fully saturated rings. The maximum atomic E-state index is 12.6. The van der Waals surface area contributed by atoms with Crippen LogP contribution in [0.15, 0.2) is 24.3 Å². The van der Waals surface area contributed by atoms with Crippen LogP contribution in [0.5, 0.6) is 0 Å². The maximum absolute atomic E-state index is 12.6. The van der Waals surface area contributed by atoms with E-state index in [1.54, 1.807) is 14.2 Å². The van der Waals surface area contributed by atoms with Crippen LogP contribution in [0.4, 0.5) is 0 Å². The number of methoxy groups -OCH3 is 2. The Hall–Kier alpha value is -1.92. The third kappa shape index (κ3) is 18.0. The molecule has 0 aromatic carbocycles. The second kappa shape index (κ2) is 21.1. The van der Waals surface area contributed by atoms with Crippen LogP contribution < -0.4 is 0 Å². The molecular formula is C26H44O10Sn. The Morgan fingerprint density at radius 2 is 1.00 bits per heavy atom. The molecule has 0 unspecified atom stereocenters. The predicted molar refractivity (Wildman–Crippen MR) is 140 cm³/mol. The van der Waals surface area contributed by atoms with Crippen LogP contribution >= 0.6 is 0 Å². The molecule has 2 atom stereocenters. The van der Waals surface area contributed by atoms with E-state index in [-0.39, 0.29) is 25.4 Å². The topological polar surface area (TPSA) is 124 Å². The second-order valence-corrected chi connectivity index (χ2v) is 17.8. The molecule has 0 aromatic heterocycles. The quantitative estimate of drug-likeness (QED) is 0.109. The van der Waals surface area contributed by atoms with E-state index in [1.165, 1.54) is 0 Å². The summed E-state index contributed by atoms with van der Waals surface area (Å²) in [5.41, 5.74) is 0. The van der Waals surface area contributed by atoms with Crippen LogP contribution in [0.25, 0.3) is 0 Å². The molecule has 0 heterocycles. The summed E-state index contributed by atoms with van der Waals surface area (Å²) in [5.74, 6) is -2.87. The van der Waals surface area contributed by atoms with E-state index < -0.39 is 43.1 Å². The zero-order chi connectivity index (χ0) is 28.1. The van der Waals surface area contributed by atoms with E-state index >= 15 is 0 Å². The summed E-state index contributed by atoms with van der Waals surface area (Å²) in [6.07, 6.45) is 8.00. The molecule has 37 heavy (non-hydrogen) atoms. The number of ether oxygens (including phenoxy) is 4. The third-order valence-electron chi connectivity index (χ3n) is 5.45. The first kappa shape index (κ1) is 35.1. The van der Waals surface area contributed by atoms with E-state index in [1.807, 2.05) is 27.7 Å². The average Bonchev–Trinajstić information content (AvgIpc) is 2.88. The van der Waals surface area contributed by atoms with Crippen LogP contribution in [-0.4, -0.2) is 82.7 Å². The van der Waals surface area contributed by atoms with Crippen LogP contribution in [0.2, 0.25) is 8.87 Å². The standard InChI is InChI=1S/2C9H14O5.2C4H9.Sn/c2*1-7(13-2)5-6-14-9(12)4-3-8(10)11;2*1-3-4-2;/h2*3-4,7H,5-6H2,1-2H3,(H,10,11);2*1,3-4H2,2H3;/q;;;;+2/p-2/b2*4-3-;;;/t2*7-;;;/m10.../s1. The van der Waals surface area contributed by atoms with Gasteiger partial charge in [-0.15, -0.1) is 0 Å². The number of carbonyl (C=O) groups excluding carboxylic acids is 4. The van der Waals surface area contributed by atoms with Gasteiger partial charge in [0.05, 0.1) is 0 Å².